The van der Waals surface area contributed by atoms with Crippen LogP contribution in [0.1, 0.15) is 18.1 Å². The van der Waals surface area contributed by atoms with Crippen molar-refractivity contribution in [2.24, 2.45) is 5.73 Å². The summed E-state index contributed by atoms with van der Waals surface area (Å²) in [5.41, 5.74) is 7.03. The minimum absolute atomic E-state index is 0.195. The van der Waals surface area contributed by atoms with Gasteiger partial charge in [-0.25, -0.2) is 4.39 Å². The molecule has 2 N–H and O–H groups in total. The van der Waals surface area contributed by atoms with Crippen LogP contribution >= 0.6 is 11.6 Å². The van der Waals surface area contributed by atoms with Crippen LogP contribution in [0.2, 0.25) is 5.02 Å². The van der Waals surface area contributed by atoms with E-state index in [1.54, 1.807) is 13.0 Å². The maximum atomic E-state index is 13.4. The lowest BCUT2D eigenvalue weighted by molar-refractivity contribution is 0.266. The molecule has 1 unspecified atom stereocenters. The van der Waals surface area contributed by atoms with Gasteiger partial charge in [-0.2, -0.15) is 0 Å². The summed E-state index contributed by atoms with van der Waals surface area (Å²) < 4.78 is 13.4. The van der Waals surface area contributed by atoms with Gasteiger partial charge in [0.2, 0.25) is 0 Å². The standard InChI is InChI=1S/C13H20ClFN2/c1-9-6-12(14)11(7-13(9)15)4-5-17(3)10(2)8-16/h6-7,10H,4-5,8,16H2,1-3H3. The van der Waals surface area contributed by atoms with Crippen molar-refractivity contribution in [3.8, 4) is 0 Å². The highest BCUT2D eigenvalue weighted by Gasteiger charge is 2.10. The summed E-state index contributed by atoms with van der Waals surface area (Å²) in [6.07, 6.45) is 0.733. The number of hydrogen-bond acceptors (Lipinski definition) is 2. The van der Waals surface area contributed by atoms with E-state index < -0.39 is 0 Å². The summed E-state index contributed by atoms with van der Waals surface area (Å²) in [5.74, 6) is -0.195. The maximum Gasteiger partial charge on any atom is 0.126 e. The maximum absolute atomic E-state index is 13.4. The summed E-state index contributed by atoms with van der Waals surface area (Å²) in [7, 11) is 2.01. The van der Waals surface area contributed by atoms with Gasteiger partial charge in [0.1, 0.15) is 5.82 Å². The number of hydrogen-bond donors (Lipinski definition) is 1. The van der Waals surface area contributed by atoms with Crippen LogP contribution in [0.5, 0.6) is 0 Å². The predicted molar refractivity (Wildman–Crippen MR) is 71.0 cm³/mol. The van der Waals surface area contributed by atoms with E-state index in [1.807, 2.05) is 7.05 Å². The third-order valence-corrected chi connectivity index (χ3v) is 3.51. The largest absolute Gasteiger partial charge is 0.329 e. The first kappa shape index (κ1) is 14.4. The normalized spacial score (nSPS) is 13.1. The molecule has 17 heavy (non-hydrogen) atoms. The van der Waals surface area contributed by atoms with E-state index in [-0.39, 0.29) is 5.82 Å². The van der Waals surface area contributed by atoms with Crippen molar-refractivity contribution < 1.29 is 4.39 Å². The zero-order valence-electron chi connectivity index (χ0n) is 10.6. The van der Waals surface area contributed by atoms with Crippen molar-refractivity contribution in [1.82, 2.24) is 4.90 Å². The van der Waals surface area contributed by atoms with Crippen LogP contribution in [0.15, 0.2) is 12.1 Å². The highest BCUT2D eigenvalue weighted by molar-refractivity contribution is 6.31. The zero-order valence-corrected chi connectivity index (χ0v) is 11.4. The third kappa shape index (κ3) is 3.95. The van der Waals surface area contributed by atoms with Gasteiger partial charge in [-0.3, -0.25) is 0 Å². The van der Waals surface area contributed by atoms with E-state index >= 15 is 0 Å². The molecule has 0 saturated heterocycles. The molecule has 0 heterocycles. The van der Waals surface area contributed by atoms with E-state index in [2.05, 4.69) is 11.8 Å². The first-order chi connectivity index (χ1) is 7.95. The van der Waals surface area contributed by atoms with E-state index in [4.69, 9.17) is 17.3 Å². The Bertz CT molecular complexity index is 382. The van der Waals surface area contributed by atoms with Gasteiger partial charge in [0, 0.05) is 24.2 Å². The molecular weight excluding hydrogens is 239 g/mol. The first-order valence-electron chi connectivity index (χ1n) is 5.80. The van der Waals surface area contributed by atoms with E-state index in [0.29, 0.717) is 23.2 Å². The fraction of sp³-hybridized carbons (Fsp3) is 0.538. The second-order valence-electron chi connectivity index (χ2n) is 4.51. The van der Waals surface area contributed by atoms with Crippen LogP contribution in [-0.2, 0) is 6.42 Å². The summed E-state index contributed by atoms with van der Waals surface area (Å²) in [5, 5.41) is 0.637. The quantitative estimate of drug-likeness (QED) is 0.880. The van der Waals surface area contributed by atoms with Gasteiger partial charge in [-0.1, -0.05) is 11.6 Å². The van der Waals surface area contributed by atoms with Gasteiger partial charge >= 0.3 is 0 Å². The molecule has 0 saturated carbocycles. The minimum atomic E-state index is -0.195. The SMILES string of the molecule is Cc1cc(Cl)c(CCN(C)C(C)CN)cc1F. The van der Waals surface area contributed by atoms with Gasteiger partial charge in [0.25, 0.3) is 0 Å². The number of rotatable bonds is 5. The molecule has 0 aliphatic carbocycles. The monoisotopic (exact) mass is 258 g/mol. The summed E-state index contributed by atoms with van der Waals surface area (Å²) >= 11 is 6.09. The van der Waals surface area contributed by atoms with Crippen molar-refractivity contribution in [1.29, 1.82) is 0 Å². The first-order valence-corrected chi connectivity index (χ1v) is 6.18. The molecule has 1 atom stereocenters. The predicted octanol–water partition coefficient (Wildman–Crippen LogP) is 2.61. The van der Waals surface area contributed by atoms with Crippen LogP contribution < -0.4 is 5.73 Å². The number of aryl methyl sites for hydroxylation is 1. The topological polar surface area (TPSA) is 29.3 Å². The Morgan fingerprint density at radius 3 is 2.71 bits per heavy atom. The molecule has 1 aromatic rings. The molecule has 96 valence electrons. The Hall–Kier alpha value is -0.640. The smallest absolute Gasteiger partial charge is 0.126 e. The van der Waals surface area contributed by atoms with Crippen molar-refractivity contribution in [2.75, 3.05) is 20.1 Å². The van der Waals surface area contributed by atoms with Crippen LogP contribution in [-0.4, -0.2) is 31.1 Å². The van der Waals surface area contributed by atoms with Crippen LogP contribution in [0.4, 0.5) is 4.39 Å². The molecule has 0 aliphatic heterocycles. The van der Waals surface area contributed by atoms with Crippen molar-refractivity contribution >= 4 is 11.6 Å². The van der Waals surface area contributed by atoms with E-state index in [0.717, 1.165) is 18.5 Å². The Balaban J connectivity index is 2.66. The summed E-state index contributed by atoms with van der Waals surface area (Å²) in [6, 6.07) is 3.53. The molecule has 0 aliphatic rings. The molecule has 4 heteroatoms. The molecule has 0 spiro atoms. The average molecular weight is 259 g/mol. The van der Waals surface area contributed by atoms with Crippen LogP contribution in [0.25, 0.3) is 0 Å². The van der Waals surface area contributed by atoms with Crippen LogP contribution in [0.3, 0.4) is 0 Å². The lowest BCUT2D eigenvalue weighted by atomic mass is 10.1. The molecule has 0 amide bonds. The second-order valence-corrected chi connectivity index (χ2v) is 4.92. The van der Waals surface area contributed by atoms with Gasteiger partial charge in [0.15, 0.2) is 0 Å². The van der Waals surface area contributed by atoms with Crippen molar-refractivity contribution in [3.05, 3.63) is 34.1 Å². The molecular formula is C13H20ClFN2. The lowest BCUT2D eigenvalue weighted by Gasteiger charge is -2.23. The molecule has 0 aromatic heterocycles. The van der Waals surface area contributed by atoms with Gasteiger partial charge in [-0.05, 0) is 50.6 Å². The van der Waals surface area contributed by atoms with Gasteiger partial charge in [0.05, 0.1) is 0 Å². The summed E-state index contributed by atoms with van der Waals surface area (Å²) in [4.78, 5) is 2.15. The van der Waals surface area contributed by atoms with Gasteiger partial charge in [-0.15, -0.1) is 0 Å². The molecule has 2 nitrogen and oxygen atoms in total. The lowest BCUT2D eigenvalue weighted by Crippen LogP contribution is -2.36. The Labute approximate surface area is 108 Å². The minimum Gasteiger partial charge on any atom is -0.329 e. The van der Waals surface area contributed by atoms with Crippen LogP contribution in [0, 0.1) is 12.7 Å². The Morgan fingerprint density at radius 2 is 2.12 bits per heavy atom. The highest BCUT2D eigenvalue weighted by atomic mass is 35.5. The molecule has 1 aromatic carbocycles. The van der Waals surface area contributed by atoms with Crippen molar-refractivity contribution in [2.45, 2.75) is 26.3 Å². The van der Waals surface area contributed by atoms with Crippen molar-refractivity contribution in [3.63, 3.8) is 0 Å². The zero-order chi connectivity index (χ0) is 13.0. The number of likely N-dealkylation sites (N-methyl/N-ethyl adjacent to an activating group) is 1. The molecule has 0 radical (unpaired) electrons. The fourth-order valence-corrected chi connectivity index (χ4v) is 1.89. The number of halogens is 2. The number of nitrogens with two attached hydrogens (primary N) is 1. The van der Waals surface area contributed by atoms with E-state index in [9.17, 15) is 4.39 Å². The summed E-state index contributed by atoms with van der Waals surface area (Å²) in [6.45, 7) is 5.22. The van der Waals surface area contributed by atoms with E-state index in [1.165, 1.54) is 6.07 Å². The Morgan fingerprint density at radius 1 is 1.47 bits per heavy atom. The Kier molecular flexibility index (Phi) is 5.37. The fourth-order valence-electron chi connectivity index (χ4n) is 1.58. The molecule has 0 fully saturated rings. The van der Waals surface area contributed by atoms with Gasteiger partial charge < -0.3 is 10.6 Å². The molecule has 1 rings (SSSR count). The molecule has 0 bridgehead atoms. The third-order valence-electron chi connectivity index (χ3n) is 3.16. The second kappa shape index (κ2) is 6.34. The number of nitrogens with zero attached hydrogens (tertiary/aromatic N) is 1. The number of benzene rings is 1. The average Bonchev–Trinajstić information content (AvgIpc) is 2.30. The highest BCUT2D eigenvalue weighted by Crippen LogP contribution is 2.21.